The number of carbonyl (C=O) groups is 1. The summed E-state index contributed by atoms with van der Waals surface area (Å²) in [6.45, 7) is 3.97. The molecule has 0 fully saturated rings. The number of nitrogens with zero attached hydrogens (tertiary/aromatic N) is 1. The smallest absolute Gasteiger partial charge is 0.224 e. The molecule has 0 atom stereocenters. The van der Waals surface area contributed by atoms with Crippen LogP contribution in [0.5, 0.6) is 0 Å². The van der Waals surface area contributed by atoms with Gasteiger partial charge in [-0.05, 0) is 43.3 Å². The van der Waals surface area contributed by atoms with Crippen LogP contribution in [-0.4, -0.2) is 16.7 Å². The Bertz CT molecular complexity index is 511. The third kappa shape index (κ3) is 6.85. The highest BCUT2D eigenvalue weighted by Crippen LogP contribution is 2.11. The van der Waals surface area contributed by atoms with E-state index in [2.05, 4.69) is 35.0 Å². The summed E-state index contributed by atoms with van der Waals surface area (Å²) in [6.07, 6.45) is 3.68. The summed E-state index contributed by atoms with van der Waals surface area (Å²) in [5, 5.41) is 7.06. The number of hydrogen-bond donors (Lipinski definition) is 3. The molecule has 1 aromatic rings. The highest BCUT2D eigenvalue weighted by atomic mass is 32.1. The van der Waals surface area contributed by atoms with E-state index < -0.39 is 0 Å². The fourth-order valence-electron chi connectivity index (χ4n) is 1.76. The van der Waals surface area contributed by atoms with E-state index in [1.54, 1.807) is 0 Å². The van der Waals surface area contributed by atoms with Crippen LogP contribution in [0.15, 0.2) is 29.4 Å². The molecule has 6 heteroatoms. The first kappa shape index (κ1) is 17.1. The number of carbonyl (C=O) groups excluding carboxylic acids is 1. The molecule has 0 heterocycles. The Kier molecular flexibility index (Phi) is 7.39. The first-order chi connectivity index (χ1) is 10.0. The number of anilines is 1. The van der Waals surface area contributed by atoms with Gasteiger partial charge in [-0.1, -0.05) is 31.9 Å². The van der Waals surface area contributed by atoms with Crippen molar-refractivity contribution in [3.63, 3.8) is 0 Å². The number of hydrazone groups is 1. The summed E-state index contributed by atoms with van der Waals surface area (Å²) < 4.78 is 0. The van der Waals surface area contributed by atoms with Crippen molar-refractivity contribution in [3.05, 3.63) is 29.8 Å². The van der Waals surface area contributed by atoms with Gasteiger partial charge in [0.05, 0.1) is 5.71 Å². The second-order valence-corrected chi connectivity index (χ2v) is 5.20. The van der Waals surface area contributed by atoms with Crippen LogP contribution in [0.1, 0.15) is 45.1 Å². The second-order valence-electron chi connectivity index (χ2n) is 4.76. The van der Waals surface area contributed by atoms with Crippen molar-refractivity contribution < 1.29 is 4.79 Å². The van der Waals surface area contributed by atoms with Crippen LogP contribution in [0, 0.1) is 0 Å². The maximum Gasteiger partial charge on any atom is 0.224 e. The third-order valence-electron chi connectivity index (χ3n) is 2.93. The maximum absolute atomic E-state index is 11.7. The Morgan fingerprint density at radius 1 is 1.29 bits per heavy atom. The predicted molar refractivity (Wildman–Crippen MR) is 91.3 cm³/mol. The molecule has 21 heavy (non-hydrogen) atoms. The minimum absolute atomic E-state index is 0.0525. The van der Waals surface area contributed by atoms with Crippen LogP contribution in [-0.2, 0) is 4.79 Å². The molecular weight excluding hydrogens is 284 g/mol. The van der Waals surface area contributed by atoms with Crippen LogP contribution in [0.3, 0.4) is 0 Å². The van der Waals surface area contributed by atoms with Crippen LogP contribution in [0.25, 0.3) is 0 Å². The molecule has 0 saturated carbocycles. The summed E-state index contributed by atoms with van der Waals surface area (Å²) in [4.78, 5) is 11.7. The van der Waals surface area contributed by atoms with Crippen molar-refractivity contribution in [2.75, 3.05) is 5.32 Å². The molecule has 0 bridgehead atoms. The lowest BCUT2D eigenvalue weighted by Crippen LogP contribution is -2.25. The van der Waals surface area contributed by atoms with Gasteiger partial charge in [-0.25, -0.2) is 0 Å². The summed E-state index contributed by atoms with van der Waals surface area (Å²) in [6, 6.07) is 7.49. The van der Waals surface area contributed by atoms with E-state index in [-0.39, 0.29) is 11.0 Å². The summed E-state index contributed by atoms with van der Waals surface area (Å²) in [5.74, 6) is 0.0525. The number of unbranched alkanes of at least 4 members (excludes halogenated alkanes) is 2. The van der Waals surface area contributed by atoms with Crippen molar-refractivity contribution in [3.8, 4) is 0 Å². The quantitative estimate of drug-likeness (QED) is 0.313. The zero-order chi connectivity index (χ0) is 15.7. The largest absolute Gasteiger partial charge is 0.375 e. The first-order valence-electron chi connectivity index (χ1n) is 7.03. The number of nitrogens with two attached hydrogens (primary N) is 1. The molecule has 4 N–H and O–H groups in total. The van der Waals surface area contributed by atoms with Gasteiger partial charge in [-0.2, -0.15) is 5.10 Å². The van der Waals surface area contributed by atoms with Crippen LogP contribution in [0.2, 0.25) is 0 Å². The van der Waals surface area contributed by atoms with Crippen LogP contribution >= 0.6 is 12.2 Å². The first-order valence-corrected chi connectivity index (χ1v) is 7.43. The summed E-state index contributed by atoms with van der Waals surface area (Å²) in [5.41, 5.74) is 10.3. The van der Waals surface area contributed by atoms with Crippen molar-refractivity contribution in [2.24, 2.45) is 10.8 Å². The SMILES string of the molecule is CCCCCC(=O)Nc1ccc(/C(C)=N/NC(N)=S)cc1. The summed E-state index contributed by atoms with van der Waals surface area (Å²) in [7, 11) is 0. The fraction of sp³-hybridized carbons (Fsp3) is 0.400. The minimum Gasteiger partial charge on any atom is -0.375 e. The van der Waals surface area contributed by atoms with Crippen LogP contribution in [0.4, 0.5) is 5.69 Å². The van der Waals surface area contributed by atoms with E-state index >= 15 is 0 Å². The van der Waals surface area contributed by atoms with Gasteiger partial charge in [-0.15, -0.1) is 0 Å². The lowest BCUT2D eigenvalue weighted by molar-refractivity contribution is -0.116. The molecule has 0 aromatic heterocycles. The molecule has 0 spiro atoms. The monoisotopic (exact) mass is 306 g/mol. The molecule has 5 nitrogen and oxygen atoms in total. The Balaban J connectivity index is 2.55. The number of nitrogens with one attached hydrogen (secondary N) is 2. The molecule has 0 aliphatic carbocycles. The van der Waals surface area contributed by atoms with Gasteiger partial charge in [-0.3, -0.25) is 10.2 Å². The molecular formula is C15H22N4OS. The van der Waals surface area contributed by atoms with E-state index in [9.17, 15) is 4.79 Å². The van der Waals surface area contributed by atoms with E-state index in [4.69, 9.17) is 5.73 Å². The minimum atomic E-state index is 0.0525. The normalized spacial score (nSPS) is 11.0. The van der Waals surface area contributed by atoms with Gasteiger partial charge < -0.3 is 11.1 Å². The van der Waals surface area contributed by atoms with Gasteiger partial charge in [0.1, 0.15) is 0 Å². The van der Waals surface area contributed by atoms with Crippen molar-refractivity contribution in [1.29, 1.82) is 0 Å². The molecule has 114 valence electrons. The van der Waals surface area contributed by atoms with E-state index in [0.29, 0.717) is 6.42 Å². The van der Waals surface area contributed by atoms with Gasteiger partial charge in [0.15, 0.2) is 5.11 Å². The number of benzene rings is 1. The molecule has 0 aliphatic heterocycles. The van der Waals surface area contributed by atoms with Crippen molar-refractivity contribution in [2.45, 2.75) is 39.5 Å². The third-order valence-corrected chi connectivity index (χ3v) is 3.02. The molecule has 0 aliphatic rings. The zero-order valence-electron chi connectivity index (χ0n) is 12.5. The average Bonchev–Trinajstić information content (AvgIpc) is 2.45. The highest BCUT2D eigenvalue weighted by molar-refractivity contribution is 7.80. The van der Waals surface area contributed by atoms with Gasteiger partial charge in [0.25, 0.3) is 0 Å². The van der Waals surface area contributed by atoms with E-state index in [0.717, 1.165) is 36.2 Å². The van der Waals surface area contributed by atoms with Crippen molar-refractivity contribution >= 4 is 34.6 Å². The maximum atomic E-state index is 11.7. The predicted octanol–water partition coefficient (Wildman–Crippen LogP) is 2.76. The standard InChI is InChI=1S/C15H22N4OS/c1-3-4-5-6-14(20)17-13-9-7-12(8-10-13)11(2)18-19-15(16)21/h7-10H,3-6H2,1-2H3,(H,17,20)(H3,16,19,21)/b18-11+. The average molecular weight is 306 g/mol. The van der Waals surface area contributed by atoms with Gasteiger partial charge in [0, 0.05) is 12.1 Å². The van der Waals surface area contributed by atoms with Crippen LogP contribution < -0.4 is 16.5 Å². The second kappa shape index (κ2) is 9.07. The Morgan fingerprint density at radius 3 is 2.52 bits per heavy atom. The molecule has 1 amide bonds. The molecule has 1 rings (SSSR count). The lowest BCUT2D eigenvalue weighted by atomic mass is 10.1. The van der Waals surface area contributed by atoms with E-state index in [1.165, 1.54) is 0 Å². The number of rotatable bonds is 7. The Labute approximate surface area is 131 Å². The fourth-order valence-corrected chi connectivity index (χ4v) is 1.80. The highest BCUT2D eigenvalue weighted by Gasteiger charge is 2.03. The molecule has 1 aromatic carbocycles. The number of thiocarbonyl (C=S) groups is 1. The molecule has 0 radical (unpaired) electrons. The zero-order valence-corrected chi connectivity index (χ0v) is 13.3. The lowest BCUT2D eigenvalue weighted by Gasteiger charge is -2.07. The Morgan fingerprint density at radius 2 is 1.95 bits per heavy atom. The Hall–Kier alpha value is -1.95. The van der Waals surface area contributed by atoms with Crippen molar-refractivity contribution in [1.82, 2.24) is 5.43 Å². The van der Waals surface area contributed by atoms with Gasteiger partial charge in [0.2, 0.25) is 5.91 Å². The molecule has 0 unspecified atom stereocenters. The number of amides is 1. The molecule has 0 saturated heterocycles. The summed E-state index contributed by atoms with van der Waals surface area (Å²) >= 11 is 4.69. The van der Waals surface area contributed by atoms with Gasteiger partial charge >= 0.3 is 0 Å². The number of hydrogen-bond acceptors (Lipinski definition) is 3. The topological polar surface area (TPSA) is 79.5 Å². The van der Waals surface area contributed by atoms with E-state index in [1.807, 2.05) is 31.2 Å².